The fourth-order valence-corrected chi connectivity index (χ4v) is 12.0. The summed E-state index contributed by atoms with van der Waals surface area (Å²) in [5.41, 5.74) is 7.58. The summed E-state index contributed by atoms with van der Waals surface area (Å²) in [5.74, 6) is -1.32. The number of ether oxygens (including phenoxy) is 1. The number of aromatic carboxylic acids is 1. The Morgan fingerprint density at radius 2 is 1.72 bits per heavy atom. The number of amides is 4. The highest BCUT2D eigenvalue weighted by molar-refractivity contribution is 7.22. The van der Waals surface area contributed by atoms with E-state index in [-0.39, 0.29) is 53.8 Å². The number of pyridine rings is 1. The van der Waals surface area contributed by atoms with Gasteiger partial charge in [-0.1, -0.05) is 47.7 Å². The van der Waals surface area contributed by atoms with Crippen molar-refractivity contribution in [2.75, 3.05) is 41.7 Å². The molecule has 2 atom stereocenters. The molecule has 2 saturated heterocycles. The summed E-state index contributed by atoms with van der Waals surface area (Å²) < 4.78 is 9.44. The molecular formula is C54H53N9O7S. The van der Waals surface area contributed by atoms with E-state index in [2.05, 4.69) is 30.9 Å². The van der Waals surface area contributed by atoms with Crippen molar-refractivity contribution in [3.63, 3.8) is 0 Å². The van der Waals surface area contributed by atoms with Gasteiger partial charge in [-0.05, 0) is 147 Å². The lowest BCUT2D eigenvalue weighted by Crippen LogP contribution is -2.42. The van der Waals surface area contributed by atoms with Gasteiger partial charge in [0.1, 0.15) is 11.6 Å². The average Bonchev–Trinajstić information content (AvgIpc) is 4.06. The van der Waals surface area contributed by atoms with Crippen LogP contribution < -0.4 is 25.6 Å². The summed E-state index contributed by atoms with van der Waals surface area (Å²) in [4.78, 5) is 77.8. The van der Waals surface area contributed by atoms with Gasteiger partial charge in [-0.3, -0.25) is 39.4 Å². The molecule has 0 unspecified atom stereocenters. The number of nitrogens with one attached hydrogen (secondary N) is 3. The number of aryl methyl sites for hydroxylation is 1. The lowest BCUT2D eigenvalue weighted by Gasteiger charge is -2.39. The topological polar surface area (TPSA) is 201 Å². The maximum Gasteiger partial charge on any atom is 0.355 e. The van der Waals surface area contributed by atoms with Gasteiger partial charge >= 0.3 is 5.97 Å². The summed E-state index contributed by atoms with van der Waals surface area (Å²) in [5, 5.41) is 25.0. The molecule has 4 N–H and O–H groups in total. The van der Waals surface area contributed by atoms with Crippen LogP contribution in [0.4, 0.5) is 16.6 Å². The number of carboxylic acid groups (broad SMARTS) is 1. The Morgan fingerprint density at radius 1 is 0.887 bits per heavy atom. The van der Waals surface area contributed by atoms with Crippen LogP contribution in [-0.2, 0) is 34.4 Å². The number of likely N-dealkylation sites (tertiary alicyclic amines) is 1. The SMILES string of the molecule is Cc1c(O[C@@H]2CCC3(CCN(CC(=O)Nc4ccc5c([C@H]6CCC(=O)NC6=O)nn(C)c5c4)CC3)C2)cccc1-c1ccc(N2CCc3cccc(C(=O)Nc4nc5ccccc5s4)c3C2)nc1C(=O)O. The molecule has 1 spiro atoms. The molecule has 1 saturated carbocycles. The number of carbonyl (C=O) groups is 5. The second kappa shape index (κ2) is 18.7. The first-order chi connectivity index (χ1) is 34.4. The first-order valence-electron chi connectivity index (χ1n) is 24.2. The molecule has 7 aromatic rings. The number of piperidine rings is 2. The Balaban J connectivity index is 0.709. The lowest BCUT2D eigenvalue weighted by molar-refractivity contribution is -0.134. The number of hydrogen-bond acceptors (Lipinski definition) is 12. The minimum atomic E-state index is -1.13. The third kappa shape index (κ3) is 9.11. The van der Waals surface area contributed by atoms with E-state index in [4.69, 9.17) is 9.72 Å². The first-order valence-corrected chi connectivity index (χ1v) is 25.0. The van der Waals surface area contributed by atoms with Gasteiger partial charge < -0.3 is 20.1 Å². The average molecular weight is 972 g/mol. The zero-order valence-corrected chi connectivity index (χ0v) is 40.3. The van der Waals surface area contributed by atoms with E-state index < -0.39 is 11.9 Å². The second-order valence-corrected chi connectivity index (χ2v) is 20.4. The van der Waals surface area contributed by atoms with Crippen molar-refractivity contribution < 1.29 is 33.8 Å². The smallest absolute Gasteiger partial charge is 0.355 e. The van der Waals surface area contributed by atoms with Gasteiger partial charge in [-0.25, -0.2) is 14.8 Å². The third-order valence-corrected chi connectivity index (χ3v) is 15.9. The number of aromatic nitrogens is 4. The Hall–Kier alpha value is -7.50. The van der Waals surface area contributed by atoms with Crippen molar-refractivity contribution in [1.82, 2.24) is 30.0 Å². The quantitative estimate of drug-likeness (QED) is 0.0907. The number of benzene rings is 4. The number of carboxylic acids is 1. The molecule has 16 nitrogen and oxygen atoms in total. The van der Waals surface area contributed by atoms with Gasteiger partial charge in [0.05, 0.1) is 40.0 Å². The number of fused-ring (bicyclic) bond motifs is 3. The fourth-order valence-electron chi connectivity index (χ4n) is 11.2. The summed E-state index contributed by atoms with van der Waals surface area (Å²) >= 11 is 1.43. The van der Waals surface area contributed by atoms with Crippen molar-refractivity contribution in [3.8, 4) is 16.9 Å². The summed E-state index contributed by atoms with van der Waals surface area (Å²) in [7, 11) is 1.81. The molecule has 4 amide bonds. The molecule has 3 aliphatic heterocycles. The molecule has 6 heterocycles. The summed E-state index contributed by atoms with van der Waals surface area (Å²) in [6.45, 7) is 4.86. The molecule has 11 rings (SSSR count). The monoisotopic (exact) mass is 971 g/mol. The summed E-state index contributed by atoms with van der Waals surface area (Å²) in [6.07, 6.45) is 6.14. The highest BCUT2D eigenvalue weighted by Crippen LogP contribution is 2.48. The van der Waals surface area contributed by atoms with Crippen LogP contribution in [-0.4, -0.2) is 91.6 Å². The minimum absolute atomic E-state index is 0.00539. The number of para-hydroxylation sites is 1. The predicted octanol–water partition coefficient (Wildman–Crippen LogP) is 8.24. The van der Waals surface area contributed by atoms with E-state index in [1.165, 1.54) is 11.3 Å². The molecule has 3 aromatic heterocycles. The molecule has 4 aliphatic rings. The second-order valence-electron chi connectivity index (χ2n) is 19.4. The number of anilines is 3. The van der Waals surface area contributed by atoms with E-state index in [9.17, 15) is 29.1 Å². The van der Waals surface area contributed by atoms with Crippen molar-refractivity contribution in [1.29, 1.82) is 0 Å². The van der Waals surface area contributed by atoms with Crippen LogP contribution in [0.15, 0.2) is 91.0 Å². The van der Waals surface area contributed by atoms with Crippen molar-refractivity contribution >= 4 is 78.7 Å². The van der Waals surface area contributed by atoms with E-state index in [1.54, 1.807) is 11.7 Å². The van der Waals surface area contributed by atoms with Gasteiger partial charge in [0.15, 0.2) is 10.8 Å². The standard InChI is InChI=1S/C54H53N9O7S/c1-31-35(36-15-17-45(57-49(36)52(68)69)63-24-20-32-7-5-9-37(40(32)29-63)50(66)59-53-56-41-10-3-4-12-44(41)71-53)8-6-11-43(31)70-34-19-21-54(28-34)22-25-62(26-23-54)30-47(65)55-33-13-14-38-42(27-33)61(2)60-48(38)39-16-18-46(64)58-51(39)67/h3-15,17,27,34,39H,16,18-26,28-30H2,1-2H3,(H,55,65)(H,68,69)(H,56,59,66)(H,58,64,67)/t34-,39-/m1/s1. The van der Waals surface area contributed by atoms with Crippen LogP contribution in [0.2, 0.25) is 0 Å². The number of hydrogen-bond donors (Lipinski definition) is 4. The molecule has 1 aliphatic carbocycles. The molecule has 3 fully saturated rings. The maximum atomic E-state index is 13.7. The Kier molecular flexibility index (Phi) is 12.1. The molecule has 0 bridgehead atoms. The normalized spacial score (nSPS) is 18.9. The largest absolute Gasteiger partial charge is 0.490 e. The number of carbonyl (C=O) groups excluding carboxylic acids is 4. The molecular weight excluding hydrogens is 919 g/mol. The van der Waals surface area contributed by atoms with E-state index >= 15 is 0 Å². The molecule has 362 valence electrons. The first kappa shape index (κ1) is 45.9. The van der Waals surface area contributed by atoms with E-state index in [0.717, 1.165) is 94.3 Å². The predicted molar refractivity (Wildman–Crippen MR) is 271 cm³/mol. The highest BCUT2D eigenvalue weighted by atomic mass is 32.1. The molecule has 71 heavy (non-hydrogen) atoms. The zero-order chi connectivity index (χ0) is 49.0. The van der Waals surface area contributed by atoms with E-state index in [0.29, 0.717) is 59.4 Å². The van der Waals surface area contributed by atoms with Gasteiger partial charge in [0, 0.05) is 48.8 Å². The van der Waals surface area contributed by atoms with Gasteiger partial charge in [0.2, 0.25) is 17.7 Å². The van der Waals surface area contributed by atoms with Gasteiger partial charge in [-0.2, -0.15) is 5.10 Å². The Labute approximate surface area is 413 Å². The Morgan fingerprint density at radius 3 is 2.54 bits per heavy atom. The number of thiazole rings is 1. The lowest BCUT2D eigenvalue weighted by atomic mass is 9.77. The fraction of sp³-hybridized carbons (Fsp3) is 0.333. The number of nitrogens with zero attached hydrogens (tertiary/aromatic N) is 6. The third-order valence-electron chi connectivity index (χ3n) is 15.0. The minimum Gasteiger partial charge on any atom is -0.490 e. The maximum absolute atomic E-state index is 13.7. The van der Waals surface area contributed by atoms with E-state index in [1.807, 2.05) is 103 Å². The van der Waals surface area contributed by atoms with Crippen LogP contribution in [0.3, 0.4) is 0 Å². The number of imide groups is 1. The van der Waals surface area contributed by atoms with Crippen LogP contribution in [0.25, 0.3) is 32.2 Å². The number of rotatable bonds is 11. The van der Waals surface area contributed by atoms with Gasteiger partial charge in [0.25, 0.3) is 5.91 Å². The highest BCUT2D eigenvalue weighted by Gasteiger charge is 2.43. The Bertz CT molecular complexity index is 3270. The van der Waals surface area contributed by atoms with Crippen molar-refractivity contribution in [3.05, 3.63) is 125 Å². The van der Waals surface area contributed by atoms with Crippen molar-refractivity contribution in [2.24, 2.45) is 12.5 Å². The van der Waals surface area contributed by atoms with Crippen LogP contribution in [0, 0.1) is 12.3 Å². The zero-order valence-electron chi connectivity index (χ0n) is 39.5. The molecule has 4 aromatic carbocycles. The molecule has 0 radical (unpaired) electrons. The van der Waals surface area contributed by atoms with Crippen LogP contribution in [0.1, 0.15) is 94.1 Å². The van der Waals surface area contributed by atoms with Gasteiger partial charge in [-0.15, -0.1) is 0 Å². The molecule has 17 heteroatoms. The van der Waals surface area contributed by atoms with Crippen molar-refractivity contribution in [2.45, 2.75) is 76.9 Å². The van der Waals surface area contributed by atoms with Crippen LogP contribution in [0.5, 0.6) is 5.75 Å². The summed E-state index contributed by atoms with van der Waals surface area (Å²) in [6, 6.07) is 28.6. The van der Waals surface area contributed by atoms with Crippen LogP contribution >= 0.6 is 11.3 Å².